The molecule has 1 saturated heterocycles. The predicted molar refractivity (Wildman–Crippen MR) is 149 cm³/mol. The van der Waals surface area contributed by atoms with E-state index in [-0.39, 0.29) is 29.3 Å². The van der Waals surface area contributed by atoms with Crippen LogP contribution >= 0.6 is 0 Å². The van der Waals surface area contributed by atoms with Crippen LogP contribution in [0.3, 0.4) is 0 Å². The van der Waals surface area contributed by atoms with Crippen LogP contribution in [0, 0.1) is 11.6 Å². The van der Waals surface area contributed by atoms with Gasteiger partial charge in [0.1, 0.15) is 28.5 Å². The first kappa shape index (κ1) is 24.9. The van der Waals surface area contributed by atoms with E-state index in [1.165, 1.54) is 23.0 Å². The smallest absolute Gasteiger partial charge is 0.278 e. The van der Waals surface area contributed by atoms with E-state index in [1.807, 2.05) is 35.2 Å². The molecule has 0 aliphatic carbocycles. The number of nitrogens with zero attached hydrogens (tertiary/aromatic N) is 6. The number of aromatic nitrogens is 4. The molecule has 5 aromatic rings. The number of hydrogen-bond donors (Lipinski definition) is 1. The van der Waals surface area contributed by atoms with Gasteiger partial charge in [0, 0.05) is 50.0 Å². The van der Waals surface area contributed by atoms with Gasteiger partial charge in [-0.15, -0.1) is 0 Å². The van der Waals surface area contributed by atoms with Gasteiger partial charge < -0.3 is 10.6 Å². The minimum absolute atomic E-state index is 0.0474. The van der Waals surface area contributed by atoms with E-state index >= 15 is 4.39 Å². The van der Waals surface area contributed by atoms with Gasteiger partial charge in [-0.25, -0.2) is 13.8 Å². The predicted octanol–water partition coefficient (Wildman–Crippen LogP) is 4.04. The molecule has 198 valence electrons. The Bertz CT molecular complexity index is 1790. The van der Waals surface area contributed by atoms with Crippen LogP contribution in [0.15, 0.2) is 70.8 Å². The number of halogens is 2. The zero-order valence-electron chi connectivity index (χ0n) is 21.4. The first-order valence-corrected chi connectivity index (χ1v) is 12.8. The number of hydrogen-bond acceptors (Lipinski definition) is 6. The van der Waals surface area contributed by atoms with E-state index in [0.717, 1.165) is 29.7 Å². The van der Waals surface area contributed by atoms with Gasteiger partial charge in [-0.05, 0) is 36.4 Å². The Balaban J connectivity index is 1.63. The van der Waals surface area contributed by atoms with E-state index in [2.05, 4.69) is 15.0 Å². The fourth-order valence-corrected chi connectivity index (χ4v) is 5.45. The fraction of sp³-hybridized carbons (Fsp3) is 0.241. The van der Waals surface area contributed by atoms with E-state index in [1.54, 1.807) is 24.0 Å². The molecular formula is C29H27F2N7O. The maximum absolute atomic E-state index is 15.4. The average Bonchev–Trinajstić information content (AvgIpc) is 3.25. The number of anilines is 1. The first-order valence-electron chi connectivity index (χ1n) is 12.8. The second-order valence-electron chi connectivity index (χ2n) is 9.76. The molecule has 0 saturated carbocycles. The number of benzene rings is 2. The highest BCUT2D eigenvalue weighted by atomic mass is 19.1. The molecule has 0 spiro atoms. The van der Waals surface area contributed by atoms with Crippen molar-refractivity contribution in [1.29, 1.82) is 0 Å². The van der Waals surface area contributed by atoms with Gasteiger partial charge >= 0.3 is 0 Å². The van der Waals surface area contributed by atoms with Crippen molar-refractivity contribution in [3.63, 3.8) is 0 Å². The number of piperidine rings is 1. The summed E-state index contributed by atoms with van der Waals surface area (Å²) < 4.78 is 32.3. The number of aliphatic imine (C=N–C) groups is 1. The zero-order valence-corrected chi connectivity index (χ0v) is 21.4. The summed E-state index contributed by atoms with van der Waals surface area (Å²) in [6, 6.07) is 13.0. The van der Waals surface area contributed by atoms with E-state index in [0.29, 0.717) is 35.7 Å². The lowest BCUT2D eigenvalue weighted by Crippen LogP contribution is -2.44. The minimum Gasteiger partial charge on any atom is -0.356 e. The van der Waals surface area contributed by atoms with E-state index in [9.17, 15) is 9.18 Å². The van der Waals surface area contributed by atoms with Crippen LogP contribution in [-0.2, 0) is 6.54 Å². The van der Waals surface area contributed by atoms with Crippen LogP contribution in [0.25, 0.3) is 27.5 Å². The van der Waals surface area contributed by atoms with Crippen LogP contribution in [0.4, 0.5) is 14.6 Å². The second-order valence-corrected chi connectivity index (χ2v) is 9.76. The van der Waals surface area contributed by atoms with Gasteiger partial charge in [0.05, 0.1) is 29.8 Å². The third-order valence-electron chi connectivity index (χ3n) is 7.19. The molecule has 0 bridgehead atoms. The Morgan fingerprint density at radius 3 is 2.79 bits per heavy atom. The van der Waals surface area contributed by atoms with Crippen molar-refractivity contribution < 1.29 is 8.78 Å². The summed E-state index contributed by atoms with van der Waals surface area (Å²) in [6.07, 6.45) is 6.51. The zero-order chi connectivity index (χ0) is 27.1. The molecular weight excluding hydrogens is 500 g/mol. The molecule has 0 radical (unpaired) electrons. The monoisotopic (exact) mass is 527 g/mol. The van der Waals surface area contributed by atoms with E-state index < -0.39 is 11.6 Å². The largest absolute Gasteiger partial charge is 0.356 e. The Labute approximate surface area is 223 Å². The van der Waals surface area contributed by atoms with Crippen molar-refractivity contribution in [3.05, 3.63) is 94.3 Å². The van der Waals surface area contributed by atoms with Gasteiger partial charge in [0.15, 0.2) is 0 Å². The summed E-state index contributed by atoms with van der Waals surface area (Å²) in [6.45, 7) is 1.34. The van der Waals surface area contributed by atoms with E-state index in [4.69, 9.17) is 5.73 Å². The molecule has 0 amide bonds. The maximum Gasteiger partial charge on any atom is 0.278 e. The Morgan fingerprint density at radius 2 is 2.00 bits per heavy atom. The molecule has 2 N–H and O–H groups in total. The molecule has 2 aromatic carbocycles. The lowest BCUT2D eigenvalue weighted by atomic mass is 10.1. The van der Waals surface area contributed by atoms with Gasteiger partial charge in [-0.1, -0.05) is 24.3 Å². The summed E-state index contributed by atoms with van der Waals surface area (Å²) >= 11 is 0. The fourth-order valence-electron chi connectivity index (χ4n) is 5.45. The van der Waals surface area contributed by atoms with Gasteiger partial charge in [-0.2, -0.15) is 0 Å². The minimum atomic E-state index is -0.792. The quantitative estimate of drug-likeness (QED) is 0.348. The number of fused-ring (bicyclic) bond motifs is 2. The molecule has 10 heteroatoms. The van der Waals surface area contributed by atoms with Crippen molar-refractivity contribution >= 4 is 33.8 Å². The molecule has 4 heterocycles. The van der Waals surface area contributed by atoms with Gasteiger partial charge in [0.2, 0.25) is 0 Å². The number of rotatable bonds is 5. The Morgan fingerprint density at radius 1 is 1.15 bits per heavy atom. The molecule has 3 aromatic heterocycles. The van der Waals surface area contributed by atoms with Crippen LogP contribution in [0.1, 0.15) is 24.1 Å². The SMILES string of the molecule is CN=Cc1c(N2CCC[C@H](N)C2)n(-c2ccc(F)cc2F)c2c(=O)n(Cc3nccc4ccccc34)cnc12. The molecule has 8 nitrogen and oxygen atoms in total. The van der Waals surface area contributed by atoms with Crippen molar-refractivity contribution in [2.45, 2.75) is 25.4 Å². The van der Waals surface area contributed by atoms with Crippen LogP contribution in [0.5, 0.6) is 0 Å². The van der Waals surface area contributed by atoms with Crippen LogP contribution < -0.4 is 16.2 Å². The Kier molecular flexibility index (Phi) is 6.40. The highest BCUT2D eigenvalue weighted by Crippen LogP contribution is 2.35. The highest BCUT2D eigenvalue weighted by molar-refractivity contribution is 6.04. The number of nitrogens with two attached hydrogens (primary N) is 1. The standard InChI is InChI=1S/C29H27F2N7O/c1-33-14-22-26-27(29(39)37(17-35-26)16-24-21-7-3-2-5-18(21)10-11-34-24)38(25-9-8-19(30)13-23(25)31)28(22)36-12-4-6-20(32)15-36/h2-3,5,7-11,13-14,17,20H,4,6,12,15-16,32H2,1H3/t20-/m0/s1. The molecule has 1 aliphatic rings. The van der Waals surface area contributed by atoms with Crippen molar-refractivity contribution in [2.75, 3.05) is 25.0 Å². The van der Waals surface area contributed by atoms with Crippen molar-refractivity contribution in [1.82, 2.24) is 19.1 Å². The van der Waals surface area contributed by atoms with Crippen LogP contribution in [-0.4, -0.2) is 51.5 Å². The van der Waals surface area contributed by atoms with Gasteiger partial charge in [-0.3, -0.25) is 23.9 Å². The summed E-state index contributed by atoms with van der Waals surface area (Å²) in [7, 11) is 1.63. The first-order chi connectivity index (χ1) is 19.0. The third-order valence-corrected chi connectivity index (χ3v) is 7.19. The lowest BCUT2D eigenvalue weighted by molar-refractivity contribution is 0.501. The number of pyridine rings is 1. The molecule has 6 rings (SSSR count). The average molecular weight is 528 g/mol. The molecule has 1 atom stereocenters. The summed E-state index contributed by atoms with van der Waals surface area (Å²) in [5, 5.41) is 1.93. The van der Waals surface area contributed by atoms with Crippen molar-refractivity contribution in [3.8, 4) is 5.69 Å². The maximum atomic E-state index is 15.4. The Hall–Kier alpha value is -4.44. The summed E-state index contributed by atoms with van der Waals surface area (Å²) in [4.78, 5) is 29.6. The van der Waals surface area contributed by atoms with Crippen LogP contribution in [0.2, 0.25) is 0 Å². The molecule has 0 unspecified atom stereocenters. The summed E-state index contributed by atoms with van der Waals surface area (Å²) in [5.74, 6) is -0.941. The summed E-state index contributed by atoms with van der Waals surface area (Å²) in [5.41, 5.74) is 7.82. The molecule has 1 aliphatic heterocycles. The van der Waals surface area contributed by atoms with Crippen molar-refractivity contribution in [2.24, 2.45) is 10.7 Å². The lowest BCUT2D eigenvalue weighted by Gasteiger charge is -2.33. The second kappa shape index (κ2) is 10.0. The topological polar surface area (TPSA) is 94.3 Å². The normalized spacial score (nSPS) is 16.1. The highest BCUT2D eigenvalue weighted by Gasteiger charge is 2.29. The molecule has 39 heavy (non-hydrogen) atoms. The molecule has 1 fully saturated rings. The van der Waals surface area contributed by atoms with Gasteiger partial charge in [0.25, 0.3) is 5.56 Å². The third kappa shape index (κ3) is 4.36.